The van der Waals surface area contributed by atoms with Crippen molar-refractivity contribution in [2.45, 2.75) is 51.9 Å². The minimum Gasteiger partial charge on any atom is -0.444 e. The SMILES string of the molecule is CCOCOCC1CC(OC)CN1C(=O)OC(C)(C)C. The number of hydrogen-bond donors (Lipinski definition) is 0. The molecule has 0 aliphatic carbocycles. The van der Waals surface area contributed by atoms with E-state index in [1.807, 2.05) is 27.7 Å². The molecule has 1 aliphatic rings. The Labute approximate surface area is 121 Å². The molecule has 0 bridgehead atoms. The van der Waals surface area contributed by atoms with E-state index in [0.29, 0.717) is 19.8 Å². The van der Waals surface area contributed by atoms with Crippen molar-refractivity contribution in [1.29, 1.82) is 0 Å². The Morgan fingerprint density at radius 1 is 1.30 bits per heavy atom. The molecule has 0 saturated carbocycles. The number of rotatable bonds is 6. The smallest absolute Gasteiger partial charge is 0.410 e. The average molecular weight is 289 g/mol. The maximum absolute atomic E-state index is 12.2. The molecule has 6 heteroatoms. The van der Waals surface area contributed by atoms with Crippen LogP contribution in [0.3, 0.4) is 0 Å². The minimum absolute atomic E-state index is 0.0308. The number of hydrogen-bond acceptors (Lipinski definition) is 5. The number of amides is 1. The third-order valence-electron chi connectivity index (χ3n) is 3.02. The molecule has 0 N–H and O–H groups in total. The van der Waals surface area contributed by atoms with Gasteiger partial charge < -0.3 is 23.8 Å². The molecule has 6 nitrogen and oxygen atoms in total. The van der Waals surface area contributed by atoms with Gasteiger partial charge in [0.25, 0.3) is 0 Å². The molecule has 1 rings (SSSR count). The molecule has 1 heterocycles. The van der Waals surface area contributed by atoms with Crippen LogP contribution in [0.25, 0.3) is 0 Å². The van der Waals surface area contributed by atoms with Crippen LogP contribution in [0.15, 0.2) is 0 Å². The normalized spacial score (nSPS) is 23.1. The molecular weight excluding hydrogens is 262 g/mol. The predicted molar refractivity (Wildman–Crippen MR) is 74.6 cm³/mol. The van der Waals surface area contributed by atoms with Crippen molar-refractivity contribution in [3.8, 4) is 0 Å². The number of carbonyl (C=O) groups is 1. The summed E-state index contributed by atoms with van der Waals surface area (Å²) in [7, 11) is 1.65. The summed E-state index contributed by atoms with van der Waals surface area (Å²) < 4.78 is 21.3. The van der Waals surface area contributed by atoms with Crippen LogP contribution in [0.1, 0.15) is 34.1 Å². The number of carbonyl (C=O) groups excluding carboxylic acids is 1. The van der Waals surface area contributed by atoms with Crippen LogP contribution >= 0.6 is 0 Å². The van der Waals surface area contributed by atoms with E-state index in [1.54, 1.807) is 12.0 Å². The van der Waals surface area contributed by atoms with Crippen molar-refractivity contribution in [3.05, 3.63) is 0 Å². The largest absolute Gasteiger partial charge is 0.444 e. The van der Waals surface area contributed by atoms with Gasteiger partial charge in [-0.05, 0) is 34.1 Å². The van der Waals surface area contributed by atoms with Crippen LogP contribution < -0.4 is 0 Å². The van der Waals surface area contributed by atoms with Gasteiger partial charge in [0.2, 0.25) is 0 Å². The summed E-state index contributed by atoms with van der Waals surface area (Å²) in [5.41, 5.74) is -0.501. The first-order chi connectivity index (χ1) is 9.37. The van der Waals surface area contributed by atoms with Gasteiger partial charge in [0, 0.05) is 13.7 Å². The lowest BCUT2D eigenvalue weighted by atomic mass is 10.2. The standard InChI is InChI=1S/C14H27NO5/c1-6-18-10-19-9-11-7-12(17-5)8-15(11)13(16)20-14(2,3)4/h11-12H,6-10H2,1-5H3. The van der Waals surface area contributed by atoms with Crippen molar-refractivity contribution in [2.75, 3.05) is 33.7 Å². The third kappa shape index (κ3) is 5.64. The third-order valence-corrected chi connectivity index (χ3v) is 3.02. The van der Waals surface area contributed by atoms with Crippen molar-refractivity contribution >= 4 is 6.09 Å². The van der Waals surface area contributed by atoms with Gasteiger partial charge in [-0.1, -0.05) is 0 Å². The number of likely N-dealkylation sites (tertiary alicyclic amines) is 1. The van der Waals surface area contributed by atoms with E-state index in [-0.39, 0.29) is 25.0 Å². The molecule has 1 saturated heterocycles. The Bertz CT molecular complexity index is 302. The maximum Gasteiger partial charge on any atom is 0.410 e. The van der Waals surface area contributed by atoms with E-state index in [9.17, 15) is 4.79 Å². The highest BCUT2D eigenvalue weighted by atomic mass is 16.7. The summed E-state index contributed by atoms with van der Waals surface area (Å²) in [4.78, 5) is 13.9. The fraction of sp³-hybridized carbons (Fsp3) is 0.929. The van der Waals surface area contributed by atoms with Crippen LogP contribution in [-0.2, 0) is 18.9 Å². The zero-order valence-electron chi connectivity index (χ0n) is 13.2. The van der Waals surface area contributed by atoms with Crippen molar-refractivity contribution in [3.63, 3.8) is 0 Å². The first-order valence-electron chi connectivity index (χ1n) is 7.05. The second-order valence-corrected chi connectivity index (χ2v) is 5.86. The van der Waals surface area contributed by atoms with Gasteiger partial charge in [-0.2, -0.15) is 0 Å². The molecule has 0 aromatic heterocycles. The first-order valence-corrected chi connectivity index (χ1v) is 7.05. The molecule has 2 unspecified atom stereocenters. The molecule has 0 aromatic rings. The van der Waals surface area contributed by atoms with Crippen LogP contribution in [0.2, 0.25) is 0 Å². The van der Waals surface area contributed by atoms with Gasteiger partial charge in [0.05, 0.1) is 25.3 Å². The van der Waals surface area contributed by atoms with Gasteiger partial charge in [0.1, 0.15) is 12.4 Å². The van der Waals surface area contributed by atoms with Crippen LogP contribution in [0.4, 0.5) is 4.79 Å². The summed E-state index contributed by atoms with van der Waals surface area (Å²) in [6.07, 6.45) is 0.465. The summed E-state index contributed by atoms with van der Waals surface area (Å²) >= 11 is 0. The number of nitrogens with zero attached hydrogens (tertiary/aromatic N) is 1. The molecule has 1 amide bonds. The van der Waals surface area contributed by atoms with Crippen LogP contribution in [0.5, 0.6) is 0 Å². The topological polar surface area (TPSA) is 57.2 Å². The van der Waals surface area contributed by atoms with E-state index in [2.05, 4.69) is 0 Å². The molecule has 20 heavy (non-hydrogen) atoms. The zero-order chi connectivity index (χ0) is 15.2. The molecule has 118 valence electrons. The van der Waals surface area contributed by atoms with E-state index in [0.717, 1.165) is 6.42 Å². The molecular formula is C14H27NO5. The summed E-state index contributed by atoms with van der Waals surface area (Å²) in [6, 6.07) is -0.0322. The van der Waals surface area contributed by atoms with E-state index in [4.69, 9.17) is 18.9 Å². The van der Waals surface area contributed by atoms with Crippen molar-refractivity contribution < 1.29 is 23.7 Å². The van der Waals surface area contributed by atoms with Crippen molar-refractivity contribution in [2.24, 2.45) is 0 Å². The molecule has 0 radical (unpaired) electrons. The highest BCUT2D eigenvalue weighted by molar-refractivity contribution is 5.69. The molecule has 1 fully saturated rings. The lowest BCUT2D eigenvalue weighted by molar-refractivity contribution is -0.0646. The Balaban J connectivity index is 2.53. The predicted octanol–water partition coefficient (Wildman–Crippen LogP) is 2.02. The first kappa shape index (κ1) is 17.2. The van der Waals surface area contributed by atoms with Gasteiger partial charge >= 0.3 is 6.09 Å². The molecule has 2 atom stereocenters. The van der Waals surface area contributed by atoms with Crippen LogP contribution in [-0.4, -0.2) is 62.4 Å². The van der Waals surface area contributed by atoms with Gasteiger partial charge in [0.15, 0.2) is 0 Å². The fourth-order valence-electron chi connectivity index (χ4n) is 2.07. The lowest BCUT2D eigenvalue weighted by Crippen LogP contribution is -2.42. The Morgan fingerprint density at radius 2 is 2.00 bits per heavy atom. The minimum atomic E-state index is -0.501. The van der Waals surface area contributed by atoms with E-state index < -0.39 is 5.60 Å². The van der Waals surface area contributed by atoms with Crippen LogP contribution in [0, 0.1) is 0 Å². The quantitative estimate of drug-likeness (QED) is 0.553. The molecule has 1 aliphatic heterocycles. The summed E-state index contributed by atoms with van der Waals surface area (Å²) in [5, 5.41) is 0. The molecule has 0 aromatic carbocycles. The second-order valence-electron chi connectivity index (χ2n) is 5.86. The van der Waals surface area contributed by atoms with Gasteiger partial charge in [-0.15, -0.1) is 0 Å². The van der Waals surface area contributed by atoms with E-state index >= 15 is 0 Å². The zero-order valence-corrected chi connectivity index (χ0v) is 13.2. The van der Waals surface area contributed by atoms with Gasteiger partial charge in [-0.25, -0.2) is 4.79 Å². The van der Waals surface area contributed by atoms with Gasteiger partial charge in [-0.3, -0.25) is 0 Å². The number of ether oxygens (including phenoxy) is 4. The Hall–Kier alpha value is -0.850. The van der Waals surface area contributed by atoms with Crippen molar-refractivity contribution in [1.82, 2.24) is 4.90 Å². The maximum atomic E-state index is 12.2. The fourth-order valence-corrected chi connectivity index (χ4v) is 2.07. The lowest BCUT2D eigenvalue weighted by Gasteiger charge is -2.28. The monoisotopic (exact) mass is 289 g/mol. The highest BCUT2D eigenvalue weighted by Crippen LogP contribution is 2.23. The average Bonchev–Trinajstić information content (AvgIpc) is 2.76. The van der Waals surface area contributed by atoms with E-state index in [1.165, 1.54) is 0 Å². The summed E-state index contributed by atoms with van der Waals surface area (Å²) in [6.45, 7) is 9.30. The Morgan fingerprint density at radius 3 is 2.55 bits per heavy atom. The molecule has 0 spiro atoms. The Kier molecular flexibility index (Phi) is 6.71. The second kappa shape index (κ2) is 7.81. The highest BCUT2D eigenvalue weighted by Gasteiger charge is 2.37. The number of methoxy groups -OCH3 is 1. The summed E-state index contributed by atoms with van der Waals surface area (Å²) in [5.74, 6) is 0.